The van der Waals surface area contributed by atoms with Crippen molar-refractivity contribution in [3.63, 3.8) is 0 Å². The van der Waals surface area contributed by atoms with Crippen molar-refractivity contribution in [3.8, 4) is 0 Å². The van der Waals surface area contributed by atoms with Gasteiger partial charge in [-0.15, -0.1) is 23.2 Å². The zero-order chi connectivity index (χ0) is 9.64. The van der Waals surface area contributed by atoms with Crippen LogP contribution in [0.15, 0.2) is 0 Å². The zero-order valence-electron chi connectivity index (χ0n) is 6.63. The van der Waals surface area contributed by atoms with Gasteiger partial charge in [-0.05, 0) is 6.42 Å². The minimum atomic E-state index is -0.714. The Balaban J connectivity index is 1.95. The number of alkyl halides is 2. The van der Waals surface area contributed by atoms with Gasteiger partial charge in [0.1, 0.15) is 4.33 Å². The van der Waals surface area contributed by atoms with Crippen LogP contribution in [0.3, 0.4) is 0 Å². The lowest BCUT2D eigenvalue weighted by atomic mass is 10.4. The lowest BCUT2D eigenvalue weighted by molar-refractivity contribution is -0.124. The molecule has 1 unspecified atom stereocenters. The highest BCUT2D eigenvalue weighted by Gasteiger charge is 2.53. The van der Waals surface area contributed by atoms with E-state index in [0.717, 1.165) is 11.8 Å². The van der Waals surface area contributed by atoms with Crippen LogP contribution in [0, 0.1) is 5.92 Å². The smallest absolute Gasteiger partial charge is 0.273 e. The van der Waals surface area contributed by atoms with E-state index >= 15 is 0 Å². The number of hydrogen-bond donors (Lipinski definition) is 0. The van der Waals surface area contributed by atoms with Gasteiger partial charge in [-0.2, -0.15) is 0 Å². The maximum atomic E-state index is 11.2. The van der Waals surface area contributed by atoms with Crippen LogP contribution < -0.4 is 0 Å². The quantitative estimate of drug-likeness (QED) is 0.691. The normalized spacial score (nSPS) is 31.2. The van der Waals surface area contributed by atoms with Gasteiger partial charge in [0.15, 0.2) is 0 Å². The minimum Gasteiger partial charge on any atom is -0.273 e. The van der Waals surface area contributed by atoms with Crippen molar-refractivity contribution in [2.75, 3.05) is 12.3 Å². The second-order valence-electron chi connectivity index (χ2n) is 3.22. The lowest BCUT2D eigenvalue weighted by Gasteiger charge is -2.11. The molecule has 1 atom stereocenters. The predicted molar refractivity (Wildman–Crippen MR) is 52.1 cm³/mol. The minimum absolute atomic E-state index is 0.0578. The van der Waals surface area contributed by atoms with E-state index in [2.05, 4.69) is 0 Å². The number of imide groups is 1. The topological polar surface area (TPSA) is 37.4 Å². The Morgan fingerprint density at radius 3 is 2.54 bits per heavy atom. The standard InChI is InChI=1S/C7H7Cl2NO2S/c8-7(9)1-4(7)2-10-5(11)3-13-6(10)12/h4H,1-3H2. The summed E-state index contributed by atoms with van der Waals surface area (Å²) < 4.78 is -0.714. The van der Waals surface area contributed by atoms with Crippen LogP contribution in [0.5, 0.6) is 0 Å². The Hall–Kier alpha value is 0.0700. The van der Waals surface area contributed by atoms with E-state index < -0.39 is 4.33 Å². The highest BCUT2D eigenvalue weighted by Crippen LogP contribution is 2.53. The zero-order valence-corrected chi connectivity index (χ0v) is 8.95. The van der Waals surface area contributed by atoms with Gasteiger partial charge in [-0.3, -0.25) is 14.5 Å². The monoisotopic (exact) mass is 239 g/mol. The van der Waals surface area contributed by atoms with Crippen molar-refractivity contribution in [3.05, 3.63) is 0 Å². The maximum absolute atomic E-state index is 11.2. The molecule has 72 valence electrons. The molecule has 1 aliphatic heterocycles. The molecule has 0 bridgehead atoms. The Kier molecular flexibility index (Phi) is 2.25. The molecule has 0 aromatic rings. The fraction of sp³-hybridized carbons (Fsp3) is 0.714. The molecule has 0 spiro atoms. The van der Waals surface area contributed by atoms with Crippen molar-refractivity contribution < 1.29 is 9.59 Å². The molecule has 2 aliphatic rings. The molecule has 1 saturated carbocycles. The third-order valence-corrected chi connectivity index (χ3v) is 3.98. The number of thioether (sulfide) groups is 1. The summed E-state index contributed by atoms with van der Waals surface area (Å²) in [6.45, 7) is 0.373. The predicted octanol–water partition coefficient (Wildman–Crippen LogP) is 1.88. The first-order valence-corrected chi connectivity index (χ1v) is 5.60. The summed E-state index contributed by atoms with van der Waals surface area (Å²) in [6.07, 6.45) is 0.665. The second kappa shape index (κ2) is 3.04. The fourth-order valence-electron chi connectivity index (χ4n) is 1.25. The highest BCUT2D eigenvalue weighted by atomic mass is 35.5. The van der Waals surface area contributed by atoms with E-state index in [4.69, 9.17) is 23.2 Å². The molecule has 2 fully saturated rings. The van der Waals surface area contributed by atoms with Crippen LogP contribution in [0.4, 0.5) is 4.79 Å². The van der Waals surface area contributed by atoms with Gasteiger partial charge in [0.25, 0.3) is 5.24 Å². The van der Waals surface area contributed by atoms with E-state index in [0.29, 0.717) is 13.0 Å². The Morgan fingerprint density at radius 2 is 2.15 bits per heavy atom. The molecular weight excluding hydrogens is 233 g/mol. The number of amides is 2. The number of nitrogens with zero attached hydrogens (tertiary/aromatic N) is 1. The Labute approximate surface area is 89.7 Å². The number of rotatable bonds is 2. The van der Waals surface area contributed by atoms with Crippen molar-refractivity contribution in [1.82, 2.24) is 4.90 Å². The third kappa shape index (κ3) is 1.80. The van der Waals surface area contributed by atoms with Crippen molar-refractivity contribution in [2.24, 2.45) is 5.92 Å². The maximum Gasteiger partial charge on any atom is 0.288 e. The molecule has 13 heavy (non-hydrogen) atoms. The largest absolute Gasteiger partial charge is 0.288 e. The molecule has 0 N–H and O–H groups in total. The van der Waals surface area contributed by atoms with Crippen molar-refractivity contribution >= 4 is 46.1 Å². The van der Waals surface area contributed by atoms with E-state index in [9.17, 15) is 9.59 Å². The van der Waals surface area contributed by atoms with Crippen molar-refractivity contribution in [1.29, 1.82) is 0 Å². The Morgan fingerprint density at radius 1 is 1.54 bits per heavy atom. The molecule has 1 heterocycles. The van der Waals surface area contributed by atoms with Gasteiger partial charge in [-0.1, -0.05) is 11.8 Å². The molecule has 6 heteroatoms. The number of carbonyl (C=O) groups is 2. The van der Waals surface area contributed by atoms with Gasteiger partial charge >= 0.3 is 0 Å². The first-order chi connectivity index (χ1) is 6.00. The molecular formula is C7H7Cl2NO2S. The highest BCUT2D eigenvalue weighted by molar-refractivity contribution is 8.14. The molecule has 3 nitrogen and oxygen atoms in total. The summed E-state index contributed by atoms with van der Waals surface area (Å²) in [5, 5.41) is -0.180. The third-order valence-electron chi connectivity index (χ3n) is 2.20. The van der Waals surface area contributed by atoms with Gasteiger partial charge in [0.05, 0.1) is 5.75 Å². The molecule has 0 aromatic carbocycles. The number of carbonyl (C=O) groups excluding carboxylic acids is 2. The van der Waals surface area contributed by atoms with Crippen molar-refractivity contribution in [2.45, 2.75) is 10.8 Å². The van der Waals surface area contributed by atoms with Crippen LogP contribution in [-0.2, 0) is 4.79 Å². The summed E-state index contributed by atoms with van der Waals surface area (Å²) in [7, 11) is 0. The average Bonchev–Trinajstić information content (AvgIpc) is 2.52. The van der Waals surface area contributed by atoms with Gasteiger partial charge < -0.3 is 0 Å². The van der Waals surface area contributed by atoms with Gasteiger partial charge in [-0.25, -0.2) is 0 Å². The second-order valence-corrected chi connectivity index (χ2v) is 5.69. The van der Waals surface area contributed by atoms with E-state index in [1.165, 1.54) is 4.90 Å². The summed E-state index contributed by atoms with van der Waals surface area (Å²) in [5.74, 6) is 0.178. The van der Waals surface area contributed by atoms with Crippen LogP contribution in [0.2, 0.25) is 0 Å². The Bertz CT molecular complexity index is 266. The molecule has 2 amide bonds. The first kappa shape index (κ1) is 9.62. The average molecular weight is 240 g/mol. The molecule has 0 radical (unpaired) electrons. The SMILES string of the molecule is O=C1CSC(=O)N1CC1CC1(Cl)Cl. The van der Waals surface area contributed by atoms with Crippen LogP contribution in [0.1, 0.15) is 6.42 Å². The van der Waals surface area contributed by atoms with E-state index in [1.54, 1.807) is 0 Å². The summed E-state index contributed by atoms with van der Waals surface area (Å²) >= 11 is 12.6. The van der Waals surface area contributed by atoms with Gasteiger partial charge in [0.2, 0.25) is 5.91 Å². The van der Waals surface area contributed by atoms with Crippen LogP contribution in [-0.4, -0.2) is 32.7 Å². The molecule has 0 aromatic heterocycles. The number of halogens is 2. The summed E-state index contributed by atoms with van der Waals surface area (Å²) in [4.78, 5) is 23.5. The number of hydrogen-bond acceptors (Lipinski definition) is 3. The first-order valence-electron chi connectivity index (χ1n) is 3.85. The fourth-order valence-corrected chi connectivity index (χ4v) is 2.49. The van der Waals surface area contributed by atoms with Crippen LogP contribution >= 0.6 is 35.0 Å². The molecule has 1 aliphatic carbocycles. The van der Waals surface area contributed by atoms with Gasteiger partial charge in [0, 0.05) is 12.5 Å². The molecule has 1 saturated heterocycles. The van der Waals surface area contributed by atoms with E-state index in [1.807, 2.05) is 0 Å². The summed E-state index contributed by atoms with van der Waals surface area (Å²) in [5.41, 5.74) is 0. The summed E-state index contributed by atoms with van der Waals surface area (Å²) in [6, 6.07) is 0. The van der Waals surface area contributed by atoms with Crippen LogP contribution in [0.25, 0.3) is 0 Å². The lowest BCUT2D eigenvalue weighted by Crippen LogP contribution is -2.31. The molecule has 2 rings (SSSR count). The van der Waals surface area contributed by atoms with E-state index in [-0.39, 0.29) is 22.8 Å².